The third-order valence-electron chi connectivity index (χ3n) is 5.40. The molecule has 1 unspecified atom stereocenters. The lowest BCUT2D eigenvalue weighted by atomic mass is 9.89. The van der Waals surface area contributed by atoms with Crippen molar-refractivity contribution in [3.63, 3.8) is 0 Å². The number of para-hydroxylation sites is 1. The van der Waals surface area contributed by atoms with Crippen molar-refractivity contribution in [1.82, 2.24) is 9.78 Å². The number of nitrogens with one attached hydrogen (secondary N) is 2. The number of nitrogens with zero attached hydrogens (tertiary/aromatic N) is 2. The summed E-state index contributed by atoms with van der Waals surface area (Å²) in [7, 11) is 0. The van der Waals surface area contributed by atoms with Crippen molar-refractivity contribution >= 4 is 34.2 Å². The number of amides is 2. The Kier molecular flexibility index (Phi) is 3.89. The quantitative estimate of drug-likeness (QED) is 0.728. The van der Waals surface area contributed by atoms with E-state index in [2.05, 4.69) is 15.7 Å². The Morgan fingerprint density at radius 2 is 2.07 bits per heavy atom. The van der Waals surface area contributed by atoms with E-state index in [1.807, 2.05) is 28.9 Å². The van der Waals surface area contributed by atoms with Crippen LogP contribution in [0.1, 0.15) is 30.7 Å². The SMILES string of the molecule is O=C1CC(C(=O)Nc2nn(CC3CC3)c3ccccc23)c2cc(F)ccc2N1. The van der Waals surface area contributed by atoms with Crippen LogP contribution in [0.2, 0.25) is 0 Å². The van der Waals surface area contributed by atoms with E-state index in [1.165, 1.54) is 31.0 Å². The number of fused-ring (bicyclic) bond motifs is 2. The summed E-state index contributed by atoms with van der Waals surface area (Å²) in [6.45, 7) is 0.830. The summed E-state index contributed by atoms with van der Waals surface area (Å²) in [5.74, 6) is -0.695. The van der Waals surface area contributed by atoms with E-state index in [1.54, 1.807) is 0 Å². The number of hydrogen-bond donors (Lipinski definition) is 2. The predicted octanol–water partition coefficient (Wildman–Crippen LogP) is 3.65. The van der Waals surface area contributed by atoms with Crippen LogP contribution >= 0.6 is 0 Å². The van der Waals surface area contributed by atoms with Crippen molar-refractivity contribution in [3.05, 3.63) is 53.8 Å². The summed E-state index contributed by atoms with van der Waals surface area (Å²) in [5, 5.41) is 11.0. The Balaban J connectivity index is 1.48. The summed E-state index contributed by atoms with van der Waals surface area (Å²) < 4.78 is 15.7. The monoisotopic (exact) mass is 378 g/mol. The lowest BCUT2D eigenvalue weighted by molar-refractivity contribution is -0.123. The predicted molar refractivity (Wildman–Crippen MR) is 103 cm³/mol. The normalized spacial score (nSPS) is 18.6. The van der Waals surface area contributed by atoms with Gasteiger partial charge in [-0.2, -0.15) is 5.10 Å². The van der Waals surface area contributed by atoms with Crippen molar-refractivity contribution < 1.29 is 14.0 Å². The molecule has 2 heterocycles. The van der Waals surface area contributed by atoms with Gasteiger partial charge in [0.25, 0.3) is 0 Å². The highest BCUT2D eigenvalue weighted by atomic mass is 19.1. The molecule has 6 nitrogen and oxygen atoms in total. The highest BCUT2D eigenvalue weighted by Gasteiger charge is 2.32. The molecule has 1 aliphatic heterocycles. The molecule has 1 aliphatic carbocycles. The number of aromatic nitrogens is 2. The smallest absolute Gasteiger partial charge is 0.233 e. The fourth-order valence-corrected chi connectivity index (χ4v) is 3.77. The molecule has 142 valence electrons. The lowest BCUT2D eigenvalue weighted by Gasteiger charge is -2.24. The van der Waals surface area contributed by atoms with E-state index < -0.39 is 11.7 Å². The average Bonchev–Trinajstić information content (AvgIpc) is 3.44. The van der Waals surface area contributed by atoms with Gasteiger partial charge in [-0.15, -0.1) is 0 Å². The van der Waals surface area contributed by atoms with Gasteiger partial charge < -0.3 is 10.6 Å². The molecular weight excluding hydrogens is 359 g/mol. The molecule has 2 aromatic carbocycles. The maximum absolute atomic E-state index is 13.7. The van der Waals surface area contributed by atoms with E-state index in [-0.39, 0.29) is 18.2 Å². The van der Waals surface area contributed by atoms with Crippen LogP contribution in [0.3, 0.4) is 0 Å². The molecule has 1 fully saturated rings. The second-order valence-electron chi connectivity index (χ2n) is 7.52. The fraction of sp³-hybridized carbons (Fsp3) is 0.286. The van der Waals surface area contributed by atoms with Crippen molar-refractivity contribution in [3.8, 4) is 0 Å². The highest BCUT2D eigenvalue weighted by Crippen LogP contribution is 2.35. The number of halogens is 1. The van der Waals surface area contributed by atoms with Crippen LogP contribution in [0, 0.1) is 11.7 Å². The van der Waals surface area contributed by atoms with E-state index in [4.69, 9.17) is 0 Å². The molecule has 2 N–H and O–H groups in total. The maximum atomic E-state index is 13.7. The zero-order chi connectivity index (χ0) is 19.3. The third-order valence-corrected chi connectivity index (χ3v) is 5.40. The van der Waals surface area contributed by atoms with Gasteiger partial charge in [0.1, 0.15) is 5.82 Å². The van der Waals surface area contributed by atoms with Gasteiger partial charge in [0, 0.05) is 24.0 Å². The first kappa shape index (κ1) is 16.9. The van der Waals surface area contributed by atoms with E-state index >= 15 is 0 Å². The Morgan fingerprint density at radius 1 is 1.25 bits per heavy atom. The van der Waals surface area contributed by atoms with Gasteiger partial charge in [-0.25, -0.2) is 4.39 Å². The Morgan fingerprint density at radius 3 is 2.89 bits per heavy atom. The molecule has 0 radical (unpaired) electrons. The molecule has 3 aromatic rings. The van der Waals surface area contributed by atoms with E-state index in [0.29, 0.717) is 23.0 Å². The Hall–Kier alpha value is -3.22. The lowest BCUT2D eigenvalue weighted by Crippen LogP contribution is -2.31. The van der Waals surface area contributed by atoms with Crippen molar-refractivity contribution in [2.24, 2.45) is 5.92 Å². The first-order valence-electron chi connectivity index (χ1n) is 9.44. The molecular formula is C21H19FN4O2. The fourth-order valence-electron chi connectivity index (χ4n) is 3.77. The summed E-state index contributed by atoms with van der Waals surface area (Å²) >= 11 is 0. The van der Waals surface area contributed by atoms with Gasteiger partial charge in [-0.3, -0.25) is 14.3 Å². The molecule has 5 rings (SSSR count). The van der Waals surface area contributed by atoms with Gasteiger partial charge in [0.15, 0.2) is 5.82 Å². The highest BCUT2D eigenvalue weighted by molar-refractivity contribution is 6.07. The van der Waals surface area contributed by atoms with Crippen molar-refractivity contribution in [1.29, 1.82) is 0 Å². The first-order valence-corrected chi connectivity index (χ1v) is 9.44. The van der Waals surface area contributed by atoms with Crippen LogP contribution in [0.15, 0.2) is 42.5 Å². The molecule has 2 amide bonds. The molecule has 0 saturated heterocycles. The second-order valence-corrected chi connectivity index (χ2v) is 7.52. The molecule has 1 atom stereocenters. The van der Waals surface area contributed by atoms with Gasteiger partial charge in [-0.1, -0.05) is 12.1 Å². The molecule has 7 heteroatoms. The Labute approximate surface area is 160 Å². The molecule has 1 aromatic heterocycles. The number of carbonyl (C=O) groups excluding carboxylic acids is 2. The standard InChI is InChI=1S/C21H19FN4O2/c22-13-7-8-17-15(9-13)16(10-19(27)23-17)21(28)24-20-14-3-1-2-4-18(14)26(25-20)11-12-5-6-12/h1-4,7-9,12,16H,5-6,10-11H2,(H,23,27)(H,24,25,28). The average molecular weight is 378 g/mol. The minimum absolute atomic E-state index is 0.0248. The maximum Gasteiger partial charge on any atom is 0.233 e. The van der Waals surface area contributed by atoms with Crippen LogP contribution in [0.4, 0.5) is 15.9 Å². The zero-order valence-electron chi connectivity index (χ0n) is 15.1. The van der Waals surface area contributed by atoms with Crippen LogP contribution in [0.5, 0.6) is 0 Å². The summed E-state index contributed by atoms with van der Waals surface area (Å²) in [5.41, 5.74) is 1.93. The van der Waals surface area contributed by atoms with Gasteiger partial charge >= 0.3 is 0 Å². The number of anilines is 2. The molecule has 0 spiro atoms. The van der Waals surface area contributed by atoms with Crippen molar-refractivity contribution in [2.45, 2.75) is 31.7 Å². The second kappa shape index (κ2) is 6.44. The molecule has 0 bridgehead atoms. The van der Waals surface area contributed by atoms with Crippen molar-refractivity contribution in [2.75, 3.05) is 10.6 Å². The summed E-state index contributed by atoms with van der Waals surface area (Å²) in [6.07, 6.45) is 2.38. The van der Waals surface area contributed by atoms with Gasteiger partial charge in [0.05, 0.1) is 11.4 Å². The van der Waals surface area contributed by atoms with Gasteiger partial charge in [0.2, 0.25) is 11.8 Å². The zero-order valence-corrected chi connectivity index (χ0v) is 15.1. The number of benzene rings is 2. The van der Waals surface area contributed by atoms with E-state index in [9.17, 15) is 14.0 Å². The van der Waals surface area contributed by atoms with Crippen LogP contribution in [-0.4, -0.2) is 21.6 Å². The van der Waals surface area contributed by atoms with Crippen LogP contribution in [0.25, 0.3) is 10.9 Å². The Bertz CT molecular complexity index is 1100. The summed E-state index contributed by atoms with van der Waals surface area (Å²) in [6, 6.07) is 11.8. The number of rotatable bonds is 4. The summed E-state index contributed by atoms with van der Waals surface area (Å²) in [4.78, 5) is 25.0. The first-order chi connectivity index (χ1) is 13.6. The van der Waals surface area contributed by atoms with Crippen LogP contribution < -0.4 is 10.6 Å². The third kappa shape index (κ3) is 3.02. The van der Waals surface area contributed by atoms with E-state index in [0.717, 1.165) is 17.4 Å². The minimum Gasteiger partial charge on any atom is -0.326 e. The topological polar surface area (TPSA) is 76.0 Å². The molecule has 28 heavy (non-hydrogen) atoms. The molecule has 2 aliphatic rings. The van der Waals surface area contributed by atoms with Crippen LogP contribution in [-0.2, 0) is 16.1 Å². The largest absolute Gasteiger partial charge is 0.326 e. The number of carbonyl (C=O) groups is 2. The minimum atomic E-state index is -0.758. The number of hydrogen-bond acceptors (Lipinski definition) is 3. The van der Waals surface area contributed by atoms with Gasteiger partial charge in [-0.05, 0) is 54.7 Å². The molecule has 1 saturated carbocycles.